The Labute approximate surface area is 112 Å². The fourth-order valence-corrected chi connectivity index (χ4v) is 2.26. The van der Waals surface area contributed by atoms with Crippen molar-refractivity contribution in [3.8, 4) is 5.75 Å². The summed E-state index contributed by atoms with van der Waals surface area (Å²) in [5, 5.41) is 3.15. The lowest BCUT2D eigenvalue weighted by atomic mass is 10.1. The van der Waals surface area contributed by atoms with Gasteiger partial charge in [-0.05, 0) is 44.1 Å². The summed E-state index contributed by atoms with van der Waals surface area (Å²) < 4.78 is 44.6. The normalized spacial score (nSPS) is 17.8. The van der Waals surface area contributed by atoms with E-state index in [9.17, 15) is 13.2 Å². The third-order valence-corrected chi connectivity index (χ3v) is 3.32. The zero-order valence-corrected chi connectivity index (χ0v) is 11.1. The van der Waals surface area contributed by atoms with E-state index in [1.165, 1.54) is 12.1 Å². The molecule has 2 rings (SSSR count). The quantitative estimate of drug-likeness (QED) is 0.897. The number of benzene rings is 1. The number of ether oxygens (including phenoxy) is 1. The van der Waals surface area contributed by atoms with Gasteiger partial charge in [0.15, 0.2) is 0 Å². The van der Waals surface area contributed by atoms with Crippen molar-refractivity contribution in [2.75, 3.05) is 13.1 Å². The summed E-state index contributed by atoms with van der Waals surface area (Å²) in [5.74, 6) is -0.0937. The van der Waals surface area contributed by atoms with Crippen LogP contribution in [-0.2, 0) is 6.18 Å². The first-order valence-corrected chi connectivity index (χ1v) is 6.50. The predicted molar refractivity (Wildman–Crippen MR) is 65.7 cm³/mol. The van der Waals surface area contributed by atoms with E-state index in [4.69, 9.17) is 4.74 Å². The number of nitrogens with one attached hydrogen (secondary N) is 1. The zero-order chi connectivity index (χ0) is 13.2. The van der Waals surface area contributed by atoms with Crippen molar-refractivity contribution in [2.45, 2.75) is 25.1 Å². The van der Waals surface area contributed by atoms with Gasteiger partial charge in [-0.25, -0.2) is 0 Å². The van der Waals surface area contributed by atoms with Gasteiger partial charge in [0.25, 0.3) is 0 Å². The van der Waals surface area contributed by atoms with Crippen LogP contribution in [0.2, 0.25) is 0 Å². The molecule has 2 nitrogen and oxygen atoms in total. The van der Waals surface area contributed by atoms with E-state index in [-0.39, 0.29) is 11.9 Å². The second-order valence-electron chi connectivity index (χ2n) is 4.21. The van der Waals surface area contributed by atoms with E-state index in [1.54, 1.807) is 0 Å². The summed E-state index contributed by atoms with van der Waals surface area (Å²) in [4.78, 5) is 0. The lowest BCUT2D eigenvalue weighted by Gasteiger charge is -2.25. The second-order valence-corrected chi connectivity index (χ2v) is 5.12. The highest BCUT2D eigenvalue weighted by Gasteiger charge is 2.35. The first kappa shape index (κ1) is 13.7. The van der Waals surface area contributed by atoms with Crippen LogP contribution in [0.4, 0.5) is 13.2 Å². The monoisotopic (exact) mass is 323 g/mol. The van der Waals surface area contributed by atoms with Crippen molar-refractivity contribution in [3.05, 3.63) is 28.2 Å². The molecule has 0 atom stereocenters. The van der Waals surface area contributed by atoms with Gasteiger partial charge in [0, 0.05) is 4.47 Å². The van der Waals surface area contributed by atoms with Crippen LogP contribution in [0.1, 0.15) is 18.4 Å². The van der Waals surface area contributed by atoms with Crippen LogP contribution in [0.3, 0.4) is 0 Å². The second kappa shape index (κ2) is 5.48. The maximum absolute atomic E-state index is 12.8. The van der Waals surface area contributed by atoms with Crippen molar-refractivity contribution >= 4 is 15.9 Å². The van der Waals surface area contributed by atoms with Crippen molar-refractivity contribution in [1.82, 2.24) is 5.32 Å². The maximum Gasteiger partial charge on any atom is 0.419 e. The van der Waals surface area contributed by atoms with E-state index < -0.39 is 11.7 Å². The molecule has 1 aromatic carbocycles. The molecule has 1 aliphatic rings. The molecule has 0 aromatic heterocycles. The number of rotatable bonds is 2. The number of hydrogen-bond donors (Lipinski definition) is 1. The fourth-order valence-electron chi connectivity index (χ4n) is 1.92. The van der Waals surface area contributed by atoms with Crippen LogP contribution in [-0.4, -0.2) is 19.2 Å². The molecule has 0 spiro atoms. The van der Waals surface area contributed by atoms with Gasteiger partial charge in [-0.1, -0.05) is 15.9 Å². The molecule has 1 fully saturated rings. The average molecular weight is 324 g/mol. The Hall–Kier alpha value is -0.750. The van der Waals surface area contributed by atoms with E-state index in [0.717, 1.165) is 32.0 Å². The molecule has 0 bridgehead atoms. The Balaban J connectivity index is 2.21. The Kier molecular flexibility index (Phi) is 4.17. The minimum atomic E-state index is -4.39. The molecule has 1 aliphatic heterocycles. The van der Waals surface area contributed by atoms with E-state index in [0.29, 0.717) is 4.47 Å². The largest absolute Gasteiger partial charge is 0.490 e. The third kappa shape index (κ3) is 3.38. The number of hydrogen-bond acceptors (Lipinski definition) is 2. The van der Waals surface area contributed by atoms with Crippen LogP contribution < -0.4 is 10.1 Å². The molecular formula is C12H13BrF3NO. The summed E-state index contributed by atoms with van der Waals surface area (Å²) in [7, 11) is 0. The number of halogens is 4. The minimum absolute atomic E-state index is 0.0937. The highest BCUT2D eigenvalue weighted by atomic mass is 79.9. The Bertz CT molecular complexity index is 416. The molecule has 0 radical (unpaired) electrons. The van der Waals surface area contributed by atoms with Gasteiger partial charge < -0.3 is 10.1 Å². The van der Waals surface area contributed by atoms with Crippen molar-refractivity contribution < 1.29 is 17.9 Å². The van der Waals surface area contributed by atoms with Gasteiger partial charge in [0.1, 0.15) is 11.9 Å². The molecule has 1 heterocycles. The van der Waals surface area contributed by atoms with Crippen molar-refractivity contribution in [1.29, 1.82) is 0 Å². The van der Waals surface area contributed by atoms with Crippen LogP contribution in [0.15, 0.2) is 22.7 Å². The summed E-state index contributed by atoms with van der Waals surface area (Å²) in [5.41, 5.74) is -0.718. The molecule has 18 heavy (non-hydrogen) atoms. The van der Waals surface area contributed by atoms with Gasteiger partial charge in [-0.3, -0.25) is 0 Å². The molecule has 0 saturated carbocycles. The van der Waals surface area contributed by atoms with Gasteiger partial charge in [0.05, 0.1) is 5.56 Å². The third-order valence-electron chi connectivity index (χ3n) is 2.83. The Morgan fingerprint density at radius 2 is 1.89 bits per heavy atom. The van der Waals surface area contributed by atoms with E-state index in [2.05, 4.69) is 21.2 Å². The summed E-state index contributed by atoms with van der Waals surface area (Å²) in [6, 6.07) is 3.80. The first-order chi connectivity index (χ1) is 8.47. The van der Waals surface area contributed by atoms with Gasteiger partial charge in [0.2, 0.25) is 0 Å². The molecule has 1 aromatic rings. The minimum Gasteiger partial charge on any atom is -0.490 e. The highest BCUT2D eigenvalue weighted by Crippen LogP contribution is 2.38. The number of piperidine rings is 1. The van der Waals surface area contributed by atoms with Gasteiger partial charge in [-0.2, -0.15) is 13.2 Å². The molecule has 0 unspecified atom stereocenters. The topological polar surface area (TPSA) is 21.3 Å². The highest BCUT2D eigenvalue weighted by molar-refractivity contribution is 9.10. The maximum atomic E-state index is 12.8. The van der Waals surface area contributed by atoms with E-state index >= 15 is 0 Å². The molecule has 0 amide bonds. The Morgan fingerprint density at radius 1 is 1.22 bits per heavy atom. The standard InChI is InChI=1S/C12H13BrF3NO/c13-8-1-2-10(12(14,15)16)11(7-8)18-9-3-5-17-6-4-9/h1-2,7,9,17H,3-6H2. The van der Waals surface area contributed by atoms with Crippen molar-refractivity contribution in [2.24, 2.45) is 0 Å². The number of alkyl halides is 3. The molecule has 6 heteroatoms. The smallest absolute Gasteiger partial charge is 0.419 e. The fraction of sp³-hybridized carbons (Fsp3) is 0.500. The SMILES string of the molecule is FC(F)(F)c1ccc(Br)cc1OC1CCNCC1. The van der Waals surface area contributed by atoms with Crippen LogP contribution in [0.25, 0.3) is 0 Å². The predicted octanol–water partition coefficient (Wildman–Crippen LogP) is 3.60. The zero-order valence-electron chi connectivity index (χ0n) is 9.56. The average Bonchev–Trinajstić information content (AvgIpc) is 2.28. The van der Waals surface area contributed by atoms with Gasteiger partial charge >= 0.3 is 6.18 Å². The molecule has 1 saturated heterocycles. The first-order valence-electron chi connectivity index (χ1n) is 5.71. The lowest BCUT2D eigenvalue weighted by Crippen LogP contribution is -2.34. The summed E-state index contributed by atoms with van der Waals surface area (Å²) in [6.07, 6.45) is -3.09. The molecule has 100 valence electrons. The van der Waals surface area contributed by atoms with Crippen LogP contribution in [0.5, 0.6) is 5.75 Å². The summed E-state index contributed by atoms with van der Waals surface area (Å²) >= 11 is 3.17. The van der Waals surface area contributed by atoms with Gasteiger partial charge in [-0.15, -0.1) is 0 Å². The van der Waals surface area contributed by atoms with E-state index in [1.807, 2.05) is 0 Å². The Morgan fingerprint density at radius 3 is 2.50 bits per heavy atom. The molecule has 0 aliphatic carbocycles. The molecular weight excluding hydrogens is 311 g/mol. The lowest BCUT2D eigenvalue weighted by molar-refractivity contribution is -0.139. The van der Waals surface area contributed by atoms with Crippen LogP contribution >= 0.6 is 15.9 Å². The summed E-state index contributed by atoms with van der Waals surface area (Å²) in [6.45, 7) is 1.56. The van der Waals surface area contributed by atoms with Crippen LogP contribution in [0, 0.1) is 0 Å². The molecule has 1 N–H and O–H groups in total. The van der Waals surface area contributed by atoms with Crippen molar-refractivity contribution in [3.63, 3.8) is 0 Å².